The number of nitrogens with one attached hydrogen (secondary N) is 2. The summed E-state index contributed by atoms with van der Waals surface area (Å²) in [4.78, 5) is 13.4. The molecule has 2 aromatic rings. The Kier molecular flexibility index (Phi) is 3.09. The minimum absolute atomic E-state index is 0.0827. The molecule has 20 heavy (non-hydrogen) atoms. The van der Waals surface area contributed by atoms with Crippen LogP contribution in [0, 0.1) is 0 Å². The van der Waals surface area contributed by atoms with Gasteiger partial charge in [-0.1, -0.05) is 0 Å². The molecule has 1 fully saturated rings. The SMILES string of the molecule is COC(=O)NC1CCN(c2cc3[nH]ncc3cc2N)C1. The molecule has 0 bridgehead atoms. The van der Waals surface area contributed by atoms with E-state index in [4.69, 9.17) is 5.73 Å². The van der Waals surface area contributed by atoms with E-state index in [0.717, 1.165) is 41.8 Å². The number of hydrogen-bond acceptors (Lipinski definition) is 5. The molecule has 1 aliphatic rings. The van der Waals surface area contributed by atoms with Gasteiger partial charge in [-0.25, -0.2) is 4.79 Å². The average molecular weight is 275 g/mol. The first-order valence-corrected chi connectivity index (χ1v) is 6.49. The highest BCUT2D eigenvalue weighted by atomic mass is 16.5. The normalized spacial score (nSPS) is 18.4. The number of alkyl carbamates (subject to hydrolysis) is 1. The van der Waals surface area contributed by atoms with Crippen LogP contribution in [0.25, 0.3) is 10.9 Å². The standard InChI is InChI=1S/C13H17N5O2/c1-20-13(19)16-9-2-3-18(7-9)12-5-11-8(4-10(12)14)6-15-17-11/h4-6,9H,2-3,7,14H2,1H3,(H,15,17)(H,16,19). The Hall–Kier alpha value is -2.44. The summed E-state index contributed by atoms with van der Waals surface area (Å²) in [5, 5.41) is 10.8. The lowest BCUT2D eigenvalue weighted by atomic mass is 10.2. The Bertz CT molecular complexity index is 639. The van der Waals surface area contributed by atoms with Gasteiger partial charge in [0.15, 0.2) is 0 Å². The number of carbonyl (C=O) groups is 1. The Labute approximate surface area is 116 Å². The van der Waals surface area contributed by atoms with E-state index in [1.807, 2.05) is 12.1 Å². The highest BCUT2D eigenvalue weighted by molar-refractivity contribution is 5.89. The van der Waals surface area contributed by atoms with Crippen LogP contribution in [0.4, 0.5) is 16.2 Å². The fraction of sp³-hybridized carbons (Fsp3) is 0.385. The molecule has 1 amide bonds. The molecule has 0 radical (unpaired) electrons. The lowest BCUT2D eigenvalue weighted by molar-refractivity contribution is 0.167. The number of hydrogen-bond donors (Lipinski definition) is 3. The number of nitrogens with two attached hydrogens (primary N) is 1. The maximum atomic E-state index is 11.2. The third kappa shape index (κ3) is 2.22. The number of nitrogen functional groups attached to an aromatic ring is 1. The maximum Gasteiger partial charge on any atom is 0.407 e. The fourth-order valence-electron chi connectivity index (χ4n) is 2.59. The van der Waals surface area contributed by atoms with Gasteiger partial charge >= 0.3 is 6.09 Å². The first kappa shape index (κ1) is 12.6. The van der Waals surface area contributed by atoms with Gasteiger partial charge in [0.2, 0.25) is 0 Å². The van der Waals surface area contributed by atoms with Gasteiger partial charge in [0.1, 0.15) is 0 Å². The quantitative estimate of drug-likeness (QED) is 0.713. The molecule has 7 nitrogen and oxygen atoms in total. The van der Waals surface area contributed by atoms with Gasteiger partial charge in [-0.3, -0.25) is 5.10 Å². The van der Waals surface area contributed by atoms with Gasteiger partial charge in [0.25, 0.3) is 0 Å². The van der Waals surface area contributed by atoms with Crippen molar-refractivity contribution in [3.8, 4) is 0 Å². The number of aromatic nitrogens is 2. The van der Waals surface area contributed by atoms with E-state index in [9.17, 15) is 4.79 Å². The smallest absolute Gasteiger partial charge is 0.407 e. The molecule has 1 aliphatic heterocycles. The van der Waals surface area contributed by atoms with Gasteiger partial charge in [0.05, 0.1) is 36.2 Å². The van der Waals surface area contributed by atoms with Crippen LogP contribution in [0.1, 0.15) is 6.42 Å². The minimum Gasteiger partial charge on any atom is -0.453 e. The molecule has 0 spiro atoms. The van der Waals surface area contributed by atoms with E-state index in [-0.39, 0.29) is 6.04 Å². The summed E-state index contributed by atoms with van der Waals surface area (Å²) in [7, 11) is 1.37. The molecule has 0 saturated carbocycles. The first-order valence-electron chi connectivity index (χ1n) is 6.49. The first-order chi connectivity index (χ1) is 9.67. The zero-order chi connectivity index (χ0) is 14.1. The monoisotopic (exact) mass is 275 g/mol. The van der Waals surface area contributed by atoms with Crippen molar-refractivity contribution in [2.45, 2.75) is 12.5 Å². The number of benzene rings is 1. The van der Waals surface area contributed by atoms with E-state index in [1.54, 1.807) is 6.20 Å². The lowest BCUT2D eigenvalue weighted by Gasteiger charge is -2.20. The highest BCUT2D eigenvalue weighted by Crippen LogP contribution is 2.30. The van der Waals surface area contributed by atoms with Crippen molar-refractivity contribution in [1.29, 1.82) is 0 Å². The van der Waals surface area contributed by atoms with Crippen LogP contribution in [0.5, 0.6) is 0 Å². The third-order valence-electron chi connectivity index (χ3n) is 3.62. The van der Waals surface area contributed by atoms with E-state index in [0.29, 0.717) is 0 Å². The average Bonchev–Trinajstić information content (AvgIpc) is 3.06. The number of ether oxygens (including phenoxy) is 1. The van der Waals surface area contributed by atoms with Crippen LogP contribution in [0.15, 0.2) is 18.3 Å². The van der Waals surface area contributed by atoms with E-state index in [1.165, 1.54) is 7.11 Å². The van der Waals surface area contributed by atoms with Crippen LogP contribution in [-0.4, -0.2) is 42.5 Å². The largest absolute Gasteiger partial charge is 0.453 e. The van der Waals surface area contributed by atoms with Crippen molar-refractivity contribution < 1.29 is 9.53 Å². The van der Waals surface area contributed by atoms with Crippen molar-refractivity contribution in [3.05, 3.63) is 18.3 Å². The Morgan fingerprint density at radius 3 is 3.25 bits per heavy atom. The van der Waals surface area contributed by atoms with E-state index in [2.05, 4.69) is 25.2 Å². The van der Waals surface area contributed by atoms with E-state index < -0.39 is 6.09 Å². The van der Waals surface area contributed by atoms with Crippen LogP contribution < -0.4 is 16.0 Å². The van der Waals surface area contributed by atoms with Crippen molar-refractivity contribution in [2.24, 2.45) is 0 Å². The fourth-order valence-corrected chi connectivity index (χ4v) is 2.59. The minimum atomic E-state index is -0.395. The van der Waals surface area contributed by atoms with Crippen molar-refractivity contribution >= 4 is 28.4 Å². The second-order valence-electron chi connectivity index (χ2n) is 4.94. The van der Waals surface area contributed by atoms with Crippen LogP contribution >= 0.6 is 0 Å². The number of nitrogens with zero attached hydrogens (tertiary/aromatic N) is 2. The summed E-state index contributed by atoms with van der Waals surface area (Å²) < 4.78 is 4.62. The summed E-state index contributed by atoms with van der Waals surface area (Å²) >= 11 is 0. The van der Waals surface area contributed by atoms with Gasteiger partial charge in [-0.05, 0) is 18.6 Å². The summed E-state index contributed by atoms with van der Waals surface area (Å²) in [5.74, 6) is 0. The Morgan fingerprint density at radius 1 is 1.60 bits per heavy atom. The van der Waals surface area contributed by atoms with E-state index >= 15 is 0 Å². The lowest BCUT2D eigenvalue weighted by Crippen LogP contribution is -2.37. The maximum absolute atomic E-state index is 11.2. The van der Waals surface area contributed by atoms with Gasteiger partial charge in [0, 0.05) is 18.5 Å². The van der Waals surface area contributed by atoms with Crippen LogP contribution in [-0.2, 0) is 4.74 Å². The van der Waals surface area contributed by atoms with Crippen molar-refractivity contribution in [1.82, 2.24) is 15.5 Å². The molecule has 1 aromatic heterocycles. The van der Waals surface area contributed by atoms with Crippen molar-refractivity contribution in [2.75, 3.05) is 30.8 Å². The predicted molar refractivity (Wildman–Crippen MR) is 76.7 cm³/mol. The summed E-state index contributed by atoms with van der Waals surface area (Å²) in [5.41, 5.74) is 8.75. The number of H-pyrrole nitrogens is 1. The number of aromatic amines is 1. The number of amides is 1. The number of rotatable bonds is 2. The number of anilines is 2. The third-order valence-corrected chi connectivity index (χ3v) is 3.62. The number of carbonyl (C=O) groups excluding carboxylic acids is 1. The summed E-state index contributed by atoms with van der Waals surface area (Å²) in [6.45, 7) is 1.57. The molecule has 0 aliphatic carbocycles. The molecular weight excluding hydrogens is 258 g/mol. The summed E-state index contributed by atoms with van der Waals surface area (Å²) in [6, 6.07) is 3.99. The Balaban J connectivity index is 1.78. The second-order valence-corrected chi connectivity index (χ2v) is 4.94. The molecule has 3 rings (SSSR count). The zero-order valence-electron chi connectivity index (χ0n) is 11.2. The predicted octanol–water partition coefficient (Wildman–Crippen LogP) is 1.08. The molecule has 1 atom stereocenters. The zero-order valence-corrected chi connectivity index (χ0v) is 11.2. The molecule has 1 unspecified atom stereocenters. The Morgan fingerprint density at radius 2 is 2.45 bits per heavy atom. The molecule has 7 heteroatoms. The van der Waals surface area contributed by atoms with Crippen LogP contribution in [0.3, 0.4) is 0 Å². The highest BCUT2D eigenvalue weighted by Gasteiger charge is 2.25. The number of methoxy groups -OCH3 is 1. The van der Waals surface area contributed by atoms with Crippen molar-refractivity contribution in [3.63, 3.8) is 0 Å². The number of fused-ring (bicyclic) bond motifs is 1. The molecule has 2 heterocycles. The van der Waals surface area contributed by atoms with Gasteiger partial charge in [-0.2, -0.15) is 5.10 Å². The molecule has 1 saturated heterocycles. The summed E-state index contributed by atoms with van der Waals surface area (Å²) in [6.07, 6.45) is 2.23. The topological polar surface area (TPSA) is 96.3 Å². The van der Waals surface area contributed by atoms with Gasteiger partial charge < -0.3 is 20.7 Å². The molecule has 4 N–H and O–H groups in total. The molecule has 106 valence electrons. The van der Waals surface area contributed by atoms with Crippen LogP contribution in [0.2, 0.25) is 0 Å². The molecule has 1 aromatic carbocycles. The van der Waals surface area contributed by atoms with Gasteiger partial charge in [-0.15, -0.1) is 0 Å². The molecular formula is C13H17N5O2. The second kappa shape index (κ2) is 4.92.